The van der Waals surface area contributed by atoms with E-state index in [1.54, 1.807) is 37.2 Å². The van der Waals surface area contributed by atoms with Gasteiger partial charge in [0.15, 0.2) is 0 Å². The number of carbonyl (C=O) groups excluding carboxylic acids is 1. The van der Waals surface area contributed by atoms with Crippen LogP contribution in [0.2, 0.25) is 0 Å². The standard InChI is InChI=1S/C20H25N3O4/c1-20(2,3)14-8-10-18(27-6)15(12-14)21-19(24)13-7-9-16(22(4)5)17(11-13)23(25)26/h7-12H,1-6H3,(H,21,24). The number of nitrogens with one attached hydrogen (secondary N) is 1. The lowest BCUT2D eigenvalue weighted by atomic mass is 9.87. The summed E-state index contributed by atoms with van der Waals surface area (Å²) in [4.78, 5) is 25.2. The molecule has 0 spiro atoms. The van der Waals surface area contributed by atoms with Crippen molar-refractivity contribution in [2.24, 2.45) is 0 Å². The van der Waals surface area contributed by atoms with E-state index in [0.29, 0.717) is 17.1 Å². The molecule has 0 aliphatic heterocycles. The molecule has 0 aliphatic rings. The third kappa shape index (κ3) is 4.55. The molecule has 144 valence electrons. The maximum atomic E-state index is 12.7. The van der Waals surface area contributed by atoms with Crippen molar-refractivity contribution in [1.82, 2.24) is 0 Å². The van der Waals surface area contributed by atoms with Gasteiger partial charge in [-0.05, 0) is 35.2 Å². The predicted molar refractivity (Wildman–Crippen MR) is 107 cm³/mol. The number of ether oxygens (including phenoxy) is 1. The SMILES string of the molecule is COc1ccc(C(C)(C)C)cc1NC(=O)c1ccc(N(C)C)c([N+](=O)[O-])c1. The molecule has 1 N–H and O–H groups in total. The average Bonchev–Trinajstić information content (AvgIpc) is 2.60. The van der Waals surface area contributed by atoms with Crippen molar-refractivity contribution in [1.29, 1.82) is 0 Å². The third-order valence-electron chi connectivity index (χ3n) is 4.23. The normalized spacial score (nSPS) is 11.0. The van der Waals surface area contributed by atoms with Crippen LogP contribution >= 0.6 is 0 Å². The summed E-state index contributed by atoms with van der Waals surface area (Å²) in [5, 5.41) is 14.1. The molecular formula is C20H25N3O4. The summed E-state index contributed by atoms with van der Waals surface area (Å²) in [6.07, 6.45) is 0. The van der Waals surface area contributed by atoms with Crippen molar-refractivity contribution in [2.75, 3.05) is 31.4 Å². The van der Waals surface area contributed by atoms with Gasteiger partial charge in [-0.3, -0.25) is 14.9 Å². The molecule has 1 amide bonds. The first kappa shape index (κ1) is 20.2. The minimum atomic E-state index is -0.493. The minimum absolute atomic E-state index is 0.0993. The van der Waals surface area contributed by atoms with Crippen LogP contribution in [0.25, 0.3) is 0 Å². The Bertz CT molecular complexity index is 870. The smallest absolute Gasteiger partial charge is 0.293 e. The van der Waals surface area contributed by atoms with Crippen LogP contribution in [-0.4, -0.2) is 32.0 Å². The molecule has 7 nitrogen and oxygen atoms in total. The number of anilines is 2. The largest absolute Gasteiger partial charge is 0.495 e. The van der Waals surface area contributed by atoms with E-state index in [0.717, 1.165) is 5.56 Å². The van der Waals surface area contributed by atoms with Gasteiger partial charge in [-0.15, -0.1) is 0 Å². The van der Waals surface area contributed by atoms with Gasteiger partial charge in [-0.1, -0.05) is 26.8 Å². The Morgan fingerprint density at radius 1 is 1.15 bits per heavy atom. The summed E-state index contributed by atoms with van der Waals surface area (Å²) < 4.78 is 5.33. The van der Waals surface area contributed by atoms with Crippen LogP contribution in [0.1, 0.15) is 36.7 Å². The van der Waals surface area contributed by atoms with Crippen molar-refractivity contribution < 1.29 is 14.5 Å². The van der Waals surface area contributed by atoms with Gasteiger partial charge in [0.05, 0.1) is 17.7 Å². The second kappa shape index (κ2) is 7.65. The molecular weight excluding hydrogens is 346 g/mol. The van der Waals surface area contributed by atoms with Gasteiger partial charge < -0.3 is 15.0 Å². The maximum absolute atomic E-state index is 12.7. The zero-order valence-electron chi connectivity index (χ0n) is 16.5. The van der Waals surface area contributed by atoms with Crippen molar-refractivity contribution in [3.05, 3.63) is 57.6 Å². The Morgan fingerprint density at radius 3 is 2.33 bits per heavy atom. The Kier molecular flexibility index (Phi) is 5.73. The lowest BCUT2D eigenvalue weighted by Crippen LogP contribution is -2.16. The quantitative estimate of drug-likeness (QED) is 0.628. The van der Waals surface area contributed by atoms with Gasteiger partial charge in [-0.25, -0.2) is 0 Å². The monoisotopic (exact) mass is 371 g/mol. The van der Waals surface area contributed by atoms with E-state index in [2.05, 4.69) is 26.1 Å². The molecule has 2 rings (SSSR count). The number of amides is 1. The minimum Gasteiger partial charge on any atom is -0.495 e. The molecule has 0 heterocycles. The molecule has 0 saturated heterocycles. The highest BCUT2D eigenvalue weighted by Gasteiger charge is 2.21. The lowest BCUT2D eigenvalue weighted by Gasteiger charge is -2.21. The number of hydrogen-bond acceptors (Lipinski definition) is 5. The number of methoxy groups -OCH3 is 1. The van der Waals surface area contributed by atoms with Gasteiger partial charge in [0.1, 0.15) is 11.4 Å². The van der Waals surface area contributed by atoms with E-state index in [1.165, 1.54) is 13.2 Å². The highest BCUT2D eigenvalue weighted by atomic mass is 16.6. The molecule has 0 bridgehead atoms. The Balaban J connectivity index is 2.40. The van der Waals surface area contributed by atoms with Gasteiger partial charge in [0, 0.05) is 25.7 Å². The molecule has 0 fully saturated rings. The van der Waals surface area contributed by atoms with Crippen LogP contribution in [0.5, 0.6) is 5.75 Å². The highest BCUT2D eigenvalue weighted by molar-refractivity contribution is 6.06. The summed E-state index contributed by atoms with van der Waals surface area (Å²) in [5.74, 6) is 0.0866. The van der Waals surface area contributed by atoms with E-state index >= 15 is 0 Å². The lowest BCUT2D eigenvalue weighted by molar-refractivity contribution is -0.384. The Morgan fingerprint density at radius 2 is 1.81 bits per heavy atom. The van der Waals surface area contributed by atoms with E-state index < -0.39 is 10.8 Å². The van der Waals surface area contributed by atoms with E-state index in [1.807, 2.05) is 12.1 Å². The second-order valence-electron chi connectivity index (χ2n) is 7.47. The van der Waals surface area contributed by atoms with Crippen molar-refractivity contribution >= 4 is 23.0 Å². The molecule has 0 aromatic heterocycles. The number of hydrogen-bond donors (Lipinski definition) is 1. The van der Waals surface area contributed by atoms with E-state index in [9.17, 15) is 14.9 Å². The van der Waals surface area contributed by atoms with Crippen molar-refractivity contribution in [2.45, 2.75) is 26.2 Å². The first-order valence-corrected chi connectivity index (χ1v) is 8.50. The zero-order chi connectivity index (χ0) is 20.4. The van der Waals surface area contributed by atoms with E-state index in [-0.39, 0.29) is 16.7 Å². The summed E-state index contributed by atoms with van der Waals surface area (Å²) in [7, 11) is 4.95. The number of rotatable bonds is 5. The molecule has 0 saturated carbocycles. The highest BCUT2D eigenvalue weighted by Crippen LogP contribution is 2.32. The van der Waals surface area contributed by atoms with Crippen LogP contribution in [0.3, 0.4) is 0 Å². The van der Waals surface area contributed by atoms with Gasteiger partial charge in [0.2, 0.25) is 0 Å². The van der Waals surface area contributed by atoms with Crippen LogP contribution in [0, 0.1) is 10.1 Å². The van der Waals surface area contributed by atoms with E-state index in [4.69, 9.17) is 4.74 Å². The third-order valence-corrected chi connectivity index (χ3v) is 4.23. The Labute approximate surface area is 159 Å². The molecule has 0 radical (unpaired) electrons. The molecule has 0 aliphatic carbocycles. The maximum Gasteiger partial charge on any atom is 0.293 e. The Hall–Kier alpha value is -3.09. The second-order valence-corrected chi connectivity index (χ2v) is 7.47. The first-order chi connectivity index (χ1) is 12.5. The topological polar surface area (TPSA) is 84.7 Å². The van der Waals surface area contributed by atoms with Gasteiger partial charge in [0.25, 0.3) is 11.6 Å². The number of nitro groups is 1. The first-order valence-electron chi connectivity index (χ1n) is 8.50. The van der Waals surface area contributed by atoms with Gasteiger partial charge >= 0.3 is 0 Å². The van der Waals surface area contributed by atoms with Gasteiger partial charge in [-0.2, -0.15) is 0 Å². The summed E-state index contributed by atoms with van der Waals surface area (Å²) in [5.41, 5.74) is 1.97. The van der Waals surface area contributed by atoms with Crippen LogP contribution < -0.4 is 15.0 Å². The number of carbonyl (C=O) groups is 1. The molecule has 7 heteroatoms. The van der Waals surface area contributed by atoms with Crippen molar-refractivity contribution in [3.8, 4) is 5.75 Å². The summed E-state index contributed by atoms with van der Waals surface area (Å²) in [6.45, 7) is 6.22. The zero-order valence-corrected chi connectivity index (χ0v) is 16.5. The number of nitrogens with zero attached hydrogens (tertiary/aromatic N) is 2. The van der Waals surface area contributed by atoms with Crippen LogP contribution in [0.4, 0.5) is 17.1 Å². The summed E-state index contributed by atoms with van der Waals surface area (Å²) >= 11 is 0. The fourth-order valence-electron chi connectivity index (χ4n) is 2.66. The van der Waals surface area contributed by atoms with Crippen LogP contribution in [0.15, 0.2) is 36.4 Å². The average molecular weight is 371 g/mol. The molecule has 2 aromatic rings. The van der Waals surface area contributed by atoms with Crippen LogP contribution in [-0.2, 0) is 5.41 Å². The van der Waals surface area contributed by atoms with Crippen molar-refractivity contribution in [3.63, 3.8) is 0 Å². The molecule has 27 heavy (non-hydrogen) atoms. The fraction of sp³-hybridized carbons (Fsp3) is 0.350. The number of nitro benzene ring substituents is 1. The fourth-order valence-corrected chi connectivity index (χ4v) is 2.66. The predicted octanol–water partition coefficient (Wildman–Crippen LogP) is 4.22. The molecule has 2 aromatic carbocycles. The molecule has 0 unspecified atom stereocenters. The molecule has 0 atom stereocenters. The number of benzene rings is 2. The summed E-state index contributed by atoms with van der Waals surface area (Å²) in [6, 6.07) is 10.0.